The Kier molecular flexibility index (Phi) is 16.1. The molecule has 45 heavy (non-hydrogen) atoms. The summed E-state index contributed by atoms with van der Waals surface area (Å²) < 4.78 is 45.7. The Hall–Kier alpha value is -3.45. The Balaban J connectivity index is 0.000000900. The number of sulfonamides is 1. The van der Waals surface area contributed by atoms with Crippen molar-refractivity contribution in [3.05, 3.63) is 65.5 Å². The van der Waals surface area contributed by atoms with E-state index in [1.165, 1.54) is 25.8 Å². The van der Waals surface area contributed by atoms with Gasteiger partial charge in [-0.25, -0.2) is 18.4 Å². The Morgan fingerprint density at radius 3 is 2.09 bits per heavy atom. The molecule has 0 aliphatic rings. The molecule has 3 aromatic rings. The highest BCUT2D eigenvalue weighted by molar-refractivity contribution is 7.92. The van der Waals surface area contributed by atoms with E-state index in [-0.39, 0.29) is 23.2 Å². The van der Waals surface area contributed by atoms with Gasteiger partial charge in [-0.3, -0.25) is 4.72 Å². The maximum Gasteiger partial charge on any atom is 0.263 e. The van der Waals surface area contributed by atoms with Crippen molar-refractivity contribution in [3.63, 3.8) is 0 Å². The topological polar surface area (TPSA) is 109 Å². The lowest BCUT2D eigenvalue weighted by atomic mass is 10.2. The Labute approximate surface area is 270 Å². The summed E-state index contributed by atoms with van der Waals surface area (Å²) in [6.45, 7) is 17.1. The van der Waals surface area contributed by atoms with Crippen LogP contribution in [-0.2, 0) is 16.6 Å². The van der Waals surface area contributed by atoms with Crippen LogP contribution in [0.5, 0.6) is 17.4 Å². The summed E-state index contributed by atoms with van der Waals surface area (Å²) in [5, 5.41) is 0. The molecule has 250 valence electrons. The second-order valence-corrected chi connectivity index (χ2v) is 12.6. The van der Waals surface area contributed by atoms with Crippen LogP contribution < -0.4 is 18.9 Å². The van der Waals surface area contributed by atoms with Crippen LogP contribution in [0.3, 0.4) is 0 Å². The number of benzene rings is 2. The molecular formula is C33H52N6O5S. The fourth-order valence-electron chi connectivity index (χ4n) is 4.07. The van der Waals surface area contributed by atoms with Gasteiger partial charge in [-0.1, -0.05) is 44.5 Å². The summed E-state index contributed by atoms with van der Waals surface area (Å²) in [5.74, 6) is 1.32. The minimum atomic E-state index is -3.87. The van der Waals surface area contributed by atoms with Crippen LogP contribution in [0, 0.1) is 13.8 Å². The minimum Gasteiger partial charge on any atom is -0.493 e. The quantitative estimate of drug-likeness (QED) is 0.222. The van der Waals surface area contributed by atoms with Crippen LogP contribution in [0.25, 0.3) is 0 Å². The van der Waals surface area contributed by atoms with Crippen LogP contribution >= 0.6 is 0 Å². The van der Waals surface area contributed by atoms with Crippen molar-refractivity contribution in [3.8, 4) is 17.4 Å². The number of hydrogen-bond acceptors (Lipinski definition) is 10. The maximum atomic E-state index is 12.9. The molecule has 0 saturated heterocycles. The minimum absolute atomic E-state index is 0.0157. The van der Waals surface area contributed by atoms with Gasteiger partial charge in [-0.05, 0) is 84.5 Å². The van der Waals surface area contributed by atoms with Crippen molar-refractivity contribution in [1.82, 2.24) is 24.7 Å². The number of rotatable bonds is 17. The predicted molar refractivity (Wildman–Crippen MR) is 181 cm³/mol. The van der Waals surface area contributed by atoms with Gasteiger partial charge in [0.2, 0.25) is 5.82 Å². The number of anilines is 1. The van der Waals surface area contributed by atoms with Gasteiger partial charge in [-0.15, -0.1) is 0 Å². The molecule has 0 aliphatic heterocycles. The average Bonchev–Trinajstić information content (AvgIpc) is 3.01. The zero-order valence-electron chi connectivity index (χ0n) is 28.5. The first kappa shape index (κ1) is 37.7. The summed E-state index contributed by atoms with van der Waals surface area (Å²) in [7, 11) is 3.88. The van der Waals surface area contributed by atoms with E-state index in [0.717, 1.165) is 30.8 Å². The summed E-state index contributed by atoms with van der Waals surface area (Å²) in [6.07, 6.45) is 1.48. The number of hydrogen-bond donors (Lipinski definition) is 1. The zero-order valence-corrected chi connectivity index (χ0v) is 29.3. The second-order valence-electron chi connectivity index (χ2n) is 10.9. The third-order valence-corrected chi connectivity index (χ3v) is 8.38. The van der Waals surface area contributed by atoms with Gasteiger partial charge < -0.3 is 28.9 Å². The molecule has 0 saturated carbocycles. The van der Waals surface area contributed by atoms with Crippen molar-refractivity contribution < 1.29 is 22.6 Å². The maximum absolute atomic E-state index is 12.9. The first-order valence-corrected chi connectivity index (χ1v) is 16.8. The second kappa shape index (κ2) is 19.2. The molecule has 0 fully saturated rings. The molecule has 0 aliphatic carbocycles. The molecule has 0 radical (unpaired) electrons. The molecule has 0 bridgehead atoms. The van der Waals surface area contributed by atoms with Crippen molar-refractivity contribution in [2.45, 2.75) is 46.1 Å². The van der Waals surface area contributed by atoms with Crippen molar-refractivity contribution >= 4 is 15.8 Å². The van der Waals surface area contributed by atoms with Crippen LogP contribution in [-0.4, -0.2) is 107 Å². The van der Waals surface area contributed by atoms with Crippen molar-refractivity contribution in [1.29, 1.82) is 0 Å². The Morgan fingerprint density at radius 2 is 1.51 bits per heavy atom. The highest BCUT2D eigenvalue weighted by atomic mass is 32.2. The van der Waals surface area contributed by atoms with E-state index in [4.69, 9.17) is 14.2 Å². The smallest absolute Gasteiger partial charge is 0.263 e. The summed E-state index contributed by atoms with van der Waals surface area (Å²) in [5.41, 5.74) is 2.36. The lowest BCUT2D eigenvalue weighted by Gasteiger charge is -2.20. The van der Waals surface area contributed by atoms with E-state index >= 15 is 0 Å². The van der Waals surface area contributed by atoms with Gasteiger partial charge in [0.15, 0.2) is 11.5 Å². The van der Waals surface area contributed by atoms with Crippen molar-refractivity contribution in [2.75, 3.05) is 78.9 Å². The van der Waals surface area contributed by atoms with E-state index < -0.39 is 10.0 Å². The van der Waals surface area contributed by atoms with Gasteiger partial charge >= 0.3 is 0 Å². The van der Waals surface area contributed by atoms with Gasteiger partial charge in [-0.2, -0.15) is 0 Å². The van der Waals surface area contributed by atoms with Crippen molar-refractivity contribution in [2.24, 2.45) is 0 Å². The number of aromatic nitrogens is 2. The molecule has 0 spiro atoms. The van der Waals surface area contributed by atoms with Crippen LogP contribution in [0.15, 0.2) is 53.6 Å². The number of aryl methyl sites for hydroxylation is 2. The van der Waals surface area contributed by atoms with Crippen LogP contribution in [0.4, 0.5) is 5.82 Å². The fraction of sp³-hybridized carbons (Fsp3) is 0.515. The lowest BCUT2D eigenvalue weighted by molar-refractivity contribution is 0.216. The first-order chi connectivity index (χ1) is 21.4. The third kappa shape index (κ3) is 13.2. The molecule has 2 aromatic carbocycles. The highest BCUT2D eigenvalue weighted by Gasteiger charge is 2.19. The van der Waals surface area contributed by atoms with Crippen LogP contribution in [0.2, 0.25) is 0 Å². The molecule has 3 rings (SSSR count). The Morgan fingerprint density at radius 1 is 0.844 bits per heavy atom. The molecular weight excluding hydrogens is 592 g/mol. The van der Waals surface area contributed by atoms with Gasteiger partial charge in [0, 0.05) is 19.6 Å². The van der Waals surface area contributed by atoms with E-state index in [0.29, 0.717) is 23.8 Å². The highest BCUT2D eigenvalue weighted by Crippen LogP contribution is 2.29. The number of ether oxygens (including phenoxy) is 3. The lowest BCUT2D eigenvalue weighted by Crippen LogP contribution is -2.31. The molecule has 0 atom stereocenters. The van der Waals surface area contributed by atoms with Crippen LogP contribution in [0.1, 0.15) is 37.6 Å². The number of likely N-dealkylation sites (N-methyl/N-ethyl adjacent to an activating group) is 2. The van der Waals surface area contributed by atoms with Gasteiger partial charge in [0.1, 0.15) is 13.2 Å². The van der Waals surface area contributed by atoms with E-state index in [1.807, 2.05) is 39.2 Å². The van der Waals surface area contributed by atoms with Gasteiger partial charge in [0.25, 0.3) is 15.9 Å². The molecule has 12 heteroatoms. The molecule has 11 nitrogen and oxygen atoms in total. The fourth-order valence-corrected chi connectivity index (χ4v) is 5.08. The summed E-state index contributed by atoms with van der Waals surface area (Å²) >= 11 is 0. The third-order valence-electron chi connectivity index (χ3n) is 7.03. The molecule has 1 heterocycles. The number of nitrogens with one attached hydrogen (secondary N) is 1. The van der Waals surface area contributed by atoms with Gasteiger partial charge in [0.05, 0.1) is 23.9 Å². The standard InChI is InChI=1S/C27H37N5O5S.C6H15N/c1-20-7-10-23(11-8-20)38(33,34)30-26-27(29-21(2)18-28-26)37-19-22-9-12-24(35-6)25(17-22)36-16-15-32(5)14-13-31(3)4;1-4-7(5-2)6-3/h7-12,17-18H,13-16,19H2,1-6H3,(H,28,30);4-6H2,1-3H3. The summed E-state index contributed by atoms with van der Waals surface area (Å²) in [6, 6.07) is 12.1. The number of nitrogens with zero attached hydrogens (tertiary/aromatic N) is 5. The van der Waals surface area contributed by atoms with E-state index in [9.17, 15) is 8.42 Å². The largest absolute Gasteiger partial charge is 0.493 e. The normalized spacial score (nSPS) is 11.4. The average molecular weight is 645 g/mol. The molecule has 0 amide bonds. The summed E-state index contributed by atoms with van der Waals surface area (Å²) in [4.78, 5) is 15.4. The number of methoxy groups -OCH3 is 1. The van der Waals surface area contributed by atoms with E-state index in [1.54, 1.807) is 38.3 Å². The first-order valence-electron chi connectivity index (χ1n) is 15.3. The monoisotopic (exact) mass is 644 g/mol. The molecule has 1 aromatic heterocycles. The Bertz CT molecular complexity index is 1390. The molecule has 0 unspecified atom stereocenters. The van der Waals surface area contributed by atoms with E-state index in [2.05, 4.69) is 57.2 Å². The SMILES string of the molecule is CCN(CC)CC.COc1ccc(COc2nc(C)cnc2NS(=O)(=O)c2ccc(C)cc2)cc1OCCN(C)CCN(C)C. The zero-order chi connectivity index (χ0) is 33.4. The predicted octanol–water partition coefficient (Wildman–Crippen LogP) is 4.70. The molecule has 1 N–H and O–H groups in total.